The fourth-order valence-corrected chi connectivity index (χ4v) is 5.04. The summed E-state index contributed by atoms with van der Waals surface area (Å²) in [6.07, 6.45) is -0.912. The SMILES string of the molecule is CC(C)(C)OC(=O)N1CCCC1(CC(=O)c1ccc2c(c1)C(F)(F)c1cc(Br)ccc1-2)C(=O)O. The standard InChI is InChI=1S/C25H24BrF2NO5/c1-23(2,3)34-22(33)29-10-4-9-24(29,21(31)32)13-20(30)14-5-7-16-17-8-6-15(26)12-19(17)25(27,28)18(16)11-14/h5-8,11-12H,4,9-10,13H2,1-3H3,(H,31,32). The molecule has 0 bridgehead atoms. The number of carbonyl (C=O) groups is 3. The molecule has 1 saturated heterocycles. The van der Waals surface area contributed by atoms with Crippen molar-refractivity contribution in [1.82, 2.24) is 4.90 Å². The van der Waals surface area contributed by atoms with Crippen molar-refractivity contribution in [3.8, 4) is 11.1 Å². The summed E-state index contributed by atoms with van der Waals surface area (Å²) >= 11 is 3.22. The molecule has 1 N–H and O–H groups in total. The number of carbonyl (C=O) groups excluding carboxylic acids is 2. The van der Waals surface area contributed by atoms with Crippen molar-refractivity contribution in [1.29, 1.82) is 0 Å². The van der Waals surface area contributed by atoms with Gasteiger partial charge in [0, 0.05) is 34.1 Å². The number of likely N-dealkylation sites (tertiary alicyclic amines) is 1. The van der Waals surface area contributed by atoms with E-state index in [1.54, 1.807) is 32.9 Å². The lowest BCUT2D eigenvalue weighted by Gasteiger charge is -2.35. The average molecular weight is 536 g/mol. The molecule has 34 heavy (non-hydrogen) atoms. The van der Waals surface area contributed by atoms with Crippen molar-refractivity contribution in [2.24, 2.45) is 0 Å². The third-order valence-electron chi connectivity index (χ3n) is 6.24. The van der Waals surface area contributed by atoms with E-state index in [0.29, 0.717) is 22.0 Å². The highest BCUT2D eigenvalue weighted by molar-refractivity contribution is 9.10. The predicted molar refractivity (Wildman–Crippen MR) is 124 cm³/mol. The number of nitrogens with zero attached hydrogens (tertiary/aromatic N) is 1. The number of benzene rings is 2. The summed E-state index contributed by atoms with van der Waals surface area (Å²) in [5.74, 6) is -5.26. The number of Topliss-reactive ketones (excluding diaryl/α,β-unsaturated/α-hetero) is 1. The topological polar surface area (TPSA) is 83.9 Å². The number of carboxylic acid groups (broad SMARTS) is 1. The Hall–Kier alpha value is -2.81. The second kappa shape index (κ2) is 8.15. The van der Waals surface area contributed by atoms with Gasteiger partial charge >= 0.3 is 12.1 Å². The Labute approximate surface area is 204 Å². The second-order valence-electron chi connectivity index (χ2n) is 9.70. The number of carboxylic acids is 1. The van der Waals surface area contributed by atoms with E-state index < -0.39 is 41.3 Å². The minimum absolute atomic E-state index is 0.0260. The van der Waals surface area contributed by atoms with E-state index in [1.807, 2.05) is 0 Å². The highest BCUT2D eigenvalue weighted by Gasteiger charge is 2.53. The number of hydrogen-bond acceptors (Lipinski definition) is 4. The summed E-state index contributed by atoms with van der Waals surface area (Å²) in [5, 5.41) is 10.0. The van der Waals surface area contributed by atoms with Crippen molar-refractivity contribution in [2.45, 2.75) is 57.1 Å². The Morgan fingerprint density at radius 2 is 1.71 bits per heavy atom. The van der Waals surface area contributed by atoms with Gasteiger partial charge in [0.25, 0.3) is 5.92 Å². The zero-order valence-corrected chi connectivity index (χ0v) is 20.5. The maximum atomic E-state index is 15.2. The van der Waals surface area contributed by atoms with Crippen LogP contribution < -0.4 is 0 Å². The highest BCUT2D eigenvalue weighted by atomic mass is 79.9. The van der Waals surface area contributed by atoms with Gasteiger partial charge in [0.05, 0.1) is 0 Å². The molecule has 0 saturated carbocycles. The fraction of sp³-hybridized carbons (Fsp3) is 0.400. The van der Waals surface area contributed by atoms with Crippen molar-refractivity contribution < 1.29 is 33.0 Å². The van der Waals surface area contributed by atoms with E-state index in [2.05, 4.69) is 15.9 Å². The van der Waals surface area contributed by atoms with Crippen LogP contribution in [0.25, 0.3) is 11.1 Å². The zero-order valence-electron chi connectivity index (χ0n) is 19.0. The molecule has 4 rings (SSSR count). The Bertz CT molecular complexity index is 1210. The molecular weight excluding hydrogens is 512 g/mol. The van der Waals surface area contributed by atoms with Crippen LogP contribution in [0.1, 0.15) is 61.5 Å². The van der Waals surface area contributed by atoms with Crippen LogP contribution in [0, 0.1) is 0 Å². The molecular formula is C25H24BrF2NO5. The number of ketones is 1. The molecule has 9 heteroatoms. The average Bonchev–Trinajstić information content (AvgIpc) is 3.25. The second-order valence-corrected chi connectivity index (χ2v) is 10.6. The fourth-order valence-electron chi connectivity index (χ4n) is 4.68. The Morgan fingerprint density at radius 3 is 2.32 bits per heavy atom. The van der Waals surface area contributed by atoms with Gasteiger partial charge in [-0.2, -0.15) is 8.78 Å². The molecule has 1 aliphatic carbocycles. The van der Waals surface area contributed by atoms with Crippen molar-refractivity contribution in [3.63, 3.8) is 0 Å². The Kier molecular flexibility index (Phi) is 5.83. The van der Waals surface area contributed by atoms with Gasteiger partial charge < -0.3 is 9.84 Å². The number of hydrogen-bond donors (Lipinski definition) is 1. The van der Waals surface area contributed by atoms with Crippen LogP contribution in [0.3, 0.4) is 0 Å². The van der Waals surface area contributed by atoms with Gasteiger partial charge in [0.15, 0.2) is 11.3 Å². The third kappa shape index (κ3) is 4.00. The lowest BCUT2D eigenvalue weighted by molar-refractivity contribution is -0.149. The lowest BCUT2D eigenvalue weighted by atomic mass is 9.87. The van der Waals surface area contributed by atoms with Crippen molar-refractivity contribution in [2.75, 3.05) is 6.54 Å². The van der Waals surface area contributed by atoms with Crippen molar-refractivity contribution >= 4 is 33.8 Å². The molecule has 2 aromatic carbocycles. The predicted octanol–water partition coefficient (Wildman–Crippen LogP) is 6.00. The number of amides is 1. The quantitative estimate of drug-likeness (QED) is 0.485. The van der Waals surface area contributed by atoms with Crippen LogP contribution in [0.5, 0.6) is 0 Å². The maximum absolute atomic E-state index is 15.2. The van der Waals surface area contributed by atoms with E-state index in [1.165, 1.54) is 18.2 Å². The number of fused-ring (bicyclic) bond motifs is 3. The van der Waals surface area contributed by atoms with Crippen LogP contribution in [0.15, 0.2) is 40.9 Å². The first-order chi connectivity index (χ1) is 15.8. The number of ether oxygens (including phenoxy) is 1. The van der Waals surface area contributed by atoms with Gasteiger partial charge in [-0.25, -0.2) is 9.59 Å². The normalized spacial score (nSPS) is 20.6. The highest BCUT2D eigenvalue weighted by Crippen LogP contribution is 2.52. The largest absolute Gasteiger partial charge is 0.479 e. The Morgan fingerprint density at radius 1 is 1.09 bits per heavy atom. The van der Waals surface area contributed by atoms with Gasteiger partial charge in [0.2, 0.25) is 0 Å². The molecule has 6 nitrogen and oxygen atoms in total. The molecule has 180 valence electrons. The summed E-state index contributed by atoms with van der Waals surface area (Å²) in [5.41, 5.74) is -2.41. The first-order valence-corrected chi connectivity index (χ1v) is 11.7. The van der Waals surface area contributed by atoms with Crippen LogP contribution in [-0.2, 0) is 15.5 Å². The number of halogens is 3. The van der Waals surface area contributed by atoms with Gasteiger partial charge in [-0.1, -0.05) is 34.1 Å². The molecule has 1 unspecified atom stereocenters. The zero-order chi connectivity index (χ0) is 25.1. The summed E-state index contributed by atoms with van der Waals surface area (Å²) in [6, 6.07) is 8.64. The van der Waals surface area contributed by atoms with Gasteiger partial charge in [0.1, 0.15) is 5.60 Å². The van der Waals surface area contributed by atoms with Crippen LogP contribution in [0.2, 0.25) is 0 Å². The summed E-state index contributed by atoms with van der Waals surface area (Å²) < 4.78 is 36.3. The van der Waals surface area contributed by atoms with Crippen LogP contribution in [0.4, 0.5) is 13.6 Å². The van der Waals surface area contributed by atoms with Crippen LogP contribution in [-0.4, -0.2) is 45.5 Å². The lowest BCUT2D eigenvalue weighted by Crippen LogP contribution is -2.55. The molecule has 1 heterocycles. The first kappa shape index (κ1) is 24.3. The number of rotatable bonds is 4. The minimum atomic E-state index is -3.30. The van der Waals surface area contributed by atoms with Gasteiger partial charge in [-0.15, -0.1) is 0 Å². The van der Waals surface area contributed by atoms with E-state index in [4.69, 9.17) is 4.74 Å². The molecule has 0 spiro atoms. The molecule has 1 atom stereocenters. The van der Waals surface area contributed by atoms with E-state index in [9.17, 15) is 19.5 Å². The number of alkyl halides is 2. The summed E-state index contributed by atoms with van der Waals surface area (Å²) in [7, 11) is 0. The van der Waals surface area contributed by atoms with Crippen molar-refractivity contribution in [3.05, 3.63) is 57.6 Å². The summed E-state index contributed by atoms with van der Waals surface area (Å²) in [4.78, 5) is 39.3. The third-order valence-corrected chi connectivity index (χ3v) is 6.74. The maximum Gasteiger partial charge on any atom is 0.411 e. The minimum Gasteiger partial charge on any atom is -0.479 e. The molecule has 2 aliphatic rings. The van der Waals surface area contributed by atoms with E-state index in [0.717, 1.165) is 11.0 Å². The van der Waals surface area contributed by atoms with E-state index >= 15 is 8.78 Å². The smallest absolute Gasteiger partial charge is 0.411 e. The molecule has 1 aliphatic heterocycles. The monoisotopic (exact) mass is 535 g/mol. The number of aliphatic carboxylic acids is 1. The Balaban J connectivity index is 1.66. The first-order valence-electron chi connectivity index (χ1n) is 10.9. The molecule has 2 aromatic rings. The molecule has 1 amide bonds. The van der Waals surface area contributed by atoms with E-state index in [-0.39, 0.29) is 29.7 Å². The summed E-state index contributed by atoms with van der Waals surface area (Å²) in [6.45, 7) is 5.11. The van der Waals surface area contributed by atoms with Gasteiger partial charge in [-0.05, 0) is 62.9 Å². The van der Waals surface area contributed by atoms with Crippen LogP contribution >= 0.6 is 15.9 Å². The molecule has 1 fully saturated rings. The molecule has 0 aromatic heterocycles. The van der Waals surface area contributed by atoms with Gasteiger partial charge in [-0.3, -0.25) is 9.69 Å². The molecule has 0 radical (unpaired) electrons.